The van der Waals surface area contributed by atoms with Crippen molar-refractivity contribution in [1.82, 2.24) is 5.43 Å². The van der Waals surface area contributed by atoms with E-state index in [0.29, 0.717) is 28.8 Å². The van der Waals surface area contributed by atoms with Gasteiger partial charge in [0, 0.05) is 5.02 Å². The van der Waals surface area contributed by atoms with Crippen molar-refractivity contribution in [1.29, 1.82) is 0 Å². The molecule has 0 saturated carbocycles. The van der Waals surface area contributed by atoms with E-state index >= 15 is 0 Å². The Bertz CT molecular complexity index is 1570. The minimum absolute atomic E-state index is 0.0721. The van der Waals surface area contributed by atoms with E-state index < -0.39 is 22.5 Å². The molecule has 10 heteroatoms. The van der Waals surface area contributed by atoms with Crippen LogP contribution in [0.25, 0.3) is 0 Å². The SMILES string of the molecule is COc1ccc(N(CC(=O)N/N=C\c2ccc(OCc3cccc(Cl)c3)cc2)S(=O)(=O)c2ccc(C)cc2)cc1. The summed E-state index contributed by atoms with van der Waals surface area (Å²) in [5.41, 5.74) is 5.31. The number of carbonyl (C=O) groups excluding carboxylic acids is 1. The summed E-state index contributed by atoms with van der Waals surface area (Å²) in [5, 5.41) is 4.64. The molecule has 0 heterocycles. The number of ether oxygens (including phenoxy) is 2. The summed E-state index contributed by atoms with van der Waals surface area (Å²) in [7, 11) is -2.52. The van der Waals surface area contributed by atoms with Crippen molar-refractivity contribution in [2.75, 3.05) is 18.0 Å². The van der Waals surface area contributed by atoms with Gasteiger partial charge in [-0.3, -0.25) is 9.10 Å². The molecule has 206 valence electrons. The second kappa shape index (κ2) is 13.1. The van der Waals surface area contributed by atoms with Crippen LogP contribution in [0, 0.1) is 6.92 Å². The molecule has 0 saturated heterocycles. The van der Waals surface area contributed by atoms with Crippen molar-refractivity contribution < 1.29 is 22.7 Å². The Kier molecular flexibility index (Phi) is 9.42. The summed E-state index contributed by atoms with van der Waals surface area (Å²) in [6.07, 6.45) is 1.46. The van der Waals surface area contributed by atoms with Crippen LogP contribution in [0.3, 0.4) is 0 Å². The molecular formula is C30H28ClN3O5S. The monoisotopic (exact) mass is 577 g/mol. The highest BCUT2D eigenvalue weighted by atomic mass is 35.5. The molecule has 40 heavy (non-hydrogen) atoms. The Morgan fingerprint density at radius 1 is 0.950 bits per heavy atom. The highest BCUT2D eigenvalue weighted by Gasteiger charge is 2.27. The van der Waals surface area contributed by atoms with Gasteiger partial charge in [0.2, 0.25) is 0 Å². The first-order valence-electron chi connectivity index (χ1n) is 12.3. The van der Waals surface area contributed by atoms with Crippen molar-refractivity contribution in [3.63, 3.8) is 0 Å². The molecule has 0 unspecified atom stereocenters. The third-order valence-corrected chi connectivity index (χ3v) is 7.86. The average molecular weight is 578 g/mol. The molecule has 0 aliphatic heterocycles. The van der Waals surface area contributed by atoms with Gasteiger partial charge in [-0.1, -0.05) is 41.4 Å². The second-order valence-corrected chi connectivity index (χ2v) is 11.1. The highest BCUT2D eigenvalue weighted by Crippen LogP contribution is 2.26. The number of benzene rings is 4. The molecule has 0 aliphatic carbocycles. The zero-order valence-electron chi connectivity index (χ0n) is 22.0. The number of nitrogens with zero attached hydrogens (tertiary/aromatic N) is 2. The van der Waals surface area contributed by atoms with Crippen molar-refractivity contribution >= 4 is 39.4 Å². The lowest BCUT2D eigenvalue weighted by atomic mass is 10.2. The number of aryl methyl sites for hydroxylation is 1. The normalized spacial score (nSPS) is 11.3. The fourth-order valence-electron chi connectivity index (χ4n) is 3.69. The first-order chi connectivity index (χ1) is 19.2. The van der Waals surface area contributed by atoms with Crippen LogP contribution < -0.4 is 19.2 Å². The number of carbonyl (C=O) groups is 1. The van der Waals surface area contributed by atoms with Gasteiger partial charge in [0.05, 0.1) is 23.9 Å². The van der Waals surface area contributed by atoms with Gasteiger partial charge in [0.15, 0.2) is 0 Å². The third-order valence-electron chi connectivity index (χ3n) is 5.83. The van der Waals surface area contributed by atoms with E-state index in [0.717, 1.165) is 21.0 Å². The standard InChI is InChI=1S/C30H28ClN3O5S/c1-22-6-16-29(17-7-22)40(36,37)34(26-10-14-27(38-2)15-11-26)20-30(35)33-32-19-23-8-12-28(13-9-23)39-21-24-4-3-5-25(31)18-24/h3-19H,20-21H2,1-2H3,(H,33,35)/b32-19-. The number of sulfonamides is 1. The maximum atomic E-state index is 13.5. The molecule has 0 spiro atoms. The summed E-state index contributed by atoms with van der Waals surface area (Å²) < 4.78 is 38.9. The van der Waals surface area contributed by atoms with Crippen LogP contribution in [0.15, 0.2) is 107 Å². The molecule has 0 radical (unpaired) electrons. The van der Waals surface area contributed by atoms with E-state index in [1.165, 1.54) is 25.5 Å². The third kappa shape index (κ3) is 7.62. The molecule has 1 amide bonds. The van der Waals surface area contributed by atoms with Crippen LogP contribution >= 0.6 is 11.6 Å². The van der Waals surface area contributed by atoms with Gasteiger partial charge in [-0.2, -0.15) is 5.10 Å². The minimum atomic E-state index is -4.04. The van der Waals surface area contributed by atoms with Crippen molar-refractivity contribution in [3.05, 3.63) is 119 Å². The second-order valence-electron chi connectivity index (χ2n) is 8.80. The van der Waals surface area contributed by atoms with Crippen LogP contribution in [-0.4, -0.2) is 34.2 Å². The first kappa shape index (κ1) is 28.7. The number of methoxy groups -OCH3 is 1. The summed E-state index contributed by atoms with van der Waals surface area (Å²) in [4.78, 5) is 12.9. The number of hydrazone groups is 1. The lowest BCUT2D eigenvalue weighted by molar-refractivity contribution is -0.119. The number of anilines is 1. The lowest BCUT2D eigenvalue weighted by Crippen LogP contribution is -2.39. The molecule has 0 aliphatic rings. The van der Waals surface area contributed by atoms with Crippen LogP contribution in [0.4, 0.5) is 5.69 Å². The smallest absolute Gasteiger partial charge is 0.264 e. The average Bonchev–Trinajstić information content (AvgIpc) is 2.96. The molecule has 0 bridgehead atoms. The highest BCUT2D eigenvalue weighted by molar-refractivity contribution is 7.92. The van der Waals surface area contributed by atoms with Gasteiger partial charge in [-0.25, -0.2) is 13.8 Å². The summed E-state index contributed by atoms with van der Waals surface area (Å²) in [6, 6.07) is 27.4. The van der Waals surface area contributed by atoms with Gasteiger partial charge in [-0.15, -0.1) is 0 Å². The van der Waals surface area contributed by atoms with Gasteiger partial charge in [-0.05, 0) is 90.8 Å². The fourth-order valence-corrected chi connectivity index (χ4v) is 5.32. The number of hydrogen-bond acceptors (Lipinski definition) is 6. The topological polar surface area (TPSA) is 97.3 Å². The van der Waals surface area contributed by atoms with E-state index in [9.17, 15) is 13.2 Å². The molecule has 0 aromatic heterocycles. The molecule has 0 atom stereocenters. The van der Waals surface area contributed by atoms with Crippen molar-refractivity contribution in [2.24, 2.45) is 5.10 Å². The molecule has 4 aromatic carbocycles. The largest absolute Gasteiger partial charge is 0.497 e. The predicted molar refractivity (Wildman–Crippen MR) is 157 cm³/mol. The van der Waals surface area contributed by atoms with E-state index in [4.69, 9.17) is 21.1 Å². The van der Waals surface area contributed by atoms with Gasteiger partial charge < -0.3 is 9.47 Å². The van der Waals surface area contributed by atoms with E-state index in [2.05, 4.69) is 10.5 Å². The Balaban J connectivity index is 1.41. The molecule has 4 aromatic rings. The van der Waals surface area contributed by atoms with Crippen LogP contribution in [0.5, 0.6) is 11.5 Å². The van der Waals surface area contributed by atoms with Crippen LogP contribution in [-0.2, 0) is 21.4 Å². The molecule has 8 nitrogen and oxygen atoms in total. The van der Waals surface area contributed by atoms with Gasteiger partial charge >= 0.3 is 0 Å². The number of nitrogens with one attached hydrogen (secondary N) is 1. The number of hydrogen-bond donors (Lipinski definition) is 1. The van der Waals surface area contributed by atoms with E-state index in [1.807, 2.05) is 25.1 Å². The Morgan fingerprint density at radius 2 is 1.62 bits per heavy atom. The number of amides is 1. The Morgan fingerprint density at radius 3 is 2.27 bits per heavy atom. The van der Waals surface area contributed by atoms with Gasteiger partial charge in [0.25, 0.3) is 15.9 Å². The van der Waals surface area contributed by atoms with Crippen LogP contribution in [0.2, 0.25) is 5.02 Å². The molecule has 1 N–H and O–H groups in total. The lowest BCUT2D eigenvalue weighted by Gasteiger charge is -2.24. The van der Waals surface area contributed by atoms with Crippen molar-refractivity contribution in [2.45, 2.75) is 18.4 Å². The summed E-state index contributed by atoms with van der Waals surface area (Å²) >= 11 is 6.01. The molecular weight excluding hydrogens is 550 g/mol. The maximum absolute atomic E-state index is 13.5. The molecule has 0 fully saturated rings. The van der Waals surface area contributed by atoms with E-state index in [1.54, 1.807) is 66.7 Å². The Hall–Kier alpha value is -4.34. The quantitative estimate of drug-likeness (QED) is 0.185. The molecule has 4 rings (SSSR count). The summed E-state index contributed by atoms with van der Waals surface area (Å²) in [6.45, 7) is 1.77. The van der Waals surface area contributed by atoms with E-state index in [-0.39, 0.29) is 4.90 Å². The van der Waals surface area contributed by atoms with Gasteiger partial charge in [0.1, 0.15) is 24.7 Å². The maximum Gasteiger partial charge on any atom is 0.264 e. The number of halogens is 1. The summed E-state index contributed by atoms with van der Waals surface area (Å²) in [5.74, 6) is 0.619. The zero-order chi connectivity index (χ0) is 28.5. The minimum Gasteiger partial charge on any atom is -0.497 e. The number of rotatable bonds is 11. The Labute approximate surface area is 238 Å². The fraction of sp³-hybridized carbons (Fsp3) is 0.133. The van der Waals surface area contributed by atoms with Crippen molar-refractivity contribution in [3.8, 4) is 11.5 Å². The zero-order valence-corrected chi connectivity index (χ0v) is 23.5. The predicted octanol–water partition coefficient (Wildman–Crippen LogP) is 5.58. The first-order valence-corrected chi connectivity index (χ1v) is 14.1. The van der Waals surface area contributed by atoms with Crippen LogP contribution in [0.1, 0.15) is 16.7 Å².